The zero-order chi connectivity index (χ0) is 14.0. The van der Waals surface area contributed by atoms with Gasteiger partial charge in [0, 0.05) is 30.4 Å². The first-order chi connectivity index (χ1) is 8.97. The minimum atomic E-state index is -0.272. The van der Waals surface area contributed by atoms with Gasteiger partial charge in [0.25, 0.3) is 0 Å². The number of carbonyl (C=O) groups is 1. The number of carbonyl (C=O) groups excluding carboxylic acids is 1. The maximum absolute atomic E-state index is 11.7. The molecule has 0 aliphatic rings. The quantitative estimate of drug-likeness (QED) is 0.845. The van der Waals surface area contributed by atoms with Crippen molar-refractivity contribution in [3.05, 3.63) is 34.2 Å². The van der Waals surface area contributed by atoms with E-state index in [1.165, 1.54) is 6.08 Å². The lowest BCUT2D eigenvalue weighted by atomic mass is 10.2. The molecule has 0 aliphatic heterocycles. The lowest BCUT2D eigenvalue weighted by Crippen LogP contribution is -2.07. The van der Waals surface area contributed by atoms with Crippen molar-refractivity contribution in [2.75, 3.05) is 5.32 Å². The van der Waals surface area contributed by atoms with Crippen molar-refractivity contribution >= 4 is 29.4 Å². The molecule has 0 bridgehead atoms. The van der Waals surface area contributed by atoms with E-state index >= 15 is 0 Å². The van der Waals surface area contributed by atoms with Crippen LogP contribution in [0.2, 0.25) is 5.15 Å². The van der Waals surface area contributed by atoms with E-state index in [-0.39, 0.29) is 5.91 Å². The van der Waals surface area contributed by atoms with Gasteiger partial charge in [-0.1, -0.05) is 11.6 Å². The first-order valence-electron chi connectivity index (χ1n) is 5.67. The largest absolute Gasteiger partial charge is 0.306 e. The second-order valence-corrected chi connectivity index (χ2v) is 4.53. The number of anilines is 1. The molecule has 0 spiro atoms. The molecule has 0 saturated heterocycles. The van der Waals surface area contributed by atoms with E-state index in [0.29, 0.717) is 11.0 Å². The van der Waals surface area contributed by atoms with Crippen LogP contribution in [0.3, 0.4) is 0 Å². The average molecular weight is 280 g/mol. The van der Waals surface area contributed by atoms with Crippen LogP contribution >= 0.6 is 11.6 Å². The Labute approximate surface area is 115 Å². The molecule has 0 aliphatic carbocycles. The summed E-state index contributed by atoms with van der Waals surface area (Å²) in [5.74, 6) is 0.215. The van der Waals surface area contributed by atoms with Crippen LogP contribution in [0.4, 0.5) is 5.82 Å². The molecule has 2 N–H and O–H groups in total. The standard InChI is InChI=1S/C12H14ClN5O/c1-7-6-10(16-15-7)14-11(19)5-4-9-8(2)17-18(3)12(9)13/h4-6H,1-3H3,(H2,14,15,16,19). The van der Waals surface area contributed by atoms with Gasteiger partial charge in [0.2, 0.25) is 5.91 Å². The highest BCUT2D eigenvalue weighted by molar-refractivity contribution is 6.31. The average Bonchev–Trinajstić information content (AvgIpc) is 2.83. The third-order valence-electron chi connectivity index (χ3n) is 2.55. The molecule has 0 saturated carbocycles. The molecule has 0 atom stereocenters. The number of aromatic nitrogens is 4. The smallest absolute Gasteiger partial charge is 0.249 e. The number of halogens is 1. The van der Waals surface area contributed by atoms with Crippen LogP contribution in [0.25, 0.3) is 6.08 Å². The number of hydrogen-bond acceptors (Lipinski definition) is 3. The van der Waals surface area contributed by atoms with E-state index in [1.54, 1.807) is 23.9 Å². The molecule has 7 heteroatoms. The normalized spacial score (nSPS) is 11.2. The molecular formula is C12H14ClN5O. The van der Waals surface area contributed by atoms with Gasteiger partial charge in [-0.3, -0.25) is 14.6 Å². The van der Waals surface area contributed by atoms with Crippen LogP contribution < -0.4 is 5.32 Å². The Kier molecular flexibility index (Phi) is 3.71. The van der Waals surface area contributed by atoms with E-state index in [2.05, 4.69) is 20.6 Å². The van der Waals surface area contributed by atoms with Crippen LogP contribution in [0, 0.1) is 13.8 Å². The highest BCUT2D eigenvalue weighted by atomic mass is 35.5. The van der Waals surface area contributed by atoms with Crippen LogP contribution in [-0.4, -0.2) is 25.9 Å². The Morgan fingerprint density at radius 2 is 2.26 bits per heavy atom. The van der Waals surface area contributed by atoms with Crippen molar-refractivity contribution < 1.29 is 4.79 Å². The summed E-state index contributed by atoms with van der Waals surface area (Å²) in [6.45, 7) is 3.69. The second-order valence-electron chi connectivity index (χ2n) is 4.17. The van der Waals surface area contributed by atoms with Crippen LogP contribution in [0.1, 0.15) is 17.0 Å². The fourth-order valence-corrected chi connectivity index (χ4v) is 1.88. The summed E-state index contributed by atoms with van der Waals surface area (Å²) in [7, 11) is 1.75. The minimum absolute atomic E-state index is 0.272. The van der Waals surface area contributed by atoms with Crippen molar-refractivity contribution in [1.29, 1.82) is 0 Å². The summed E-state index contributed by atoms with van der Waals surface area (Å²) < 4.78 is 1.56. The summed E-state index contributed by atoms with van der Waals surface area (Å²) in [5, 5.41) is 14.0. The number of hydrogen-bond donors (Lipinski definition) is 2. The van der Waals surface area contributed by atoms with E-state index in [0.717, 1.165) is 17.0 Å². The topological polar surface area (TPSA) is 75.6 Å². The number of amides is 1. The molecule has 100 valence electrons. The van der Waals surface area contributed by atoms with Crippen LogP contribution in [-0.2, 0) is 11.8 Å². The number of aryl methyl sites for hydroxylation is 3. The Morgan fingerprint density at radius 1 is 1.53 bits per heavy atom. The van der Waals surface area contributed by atoms with Crippen molar-refractivity contribution in [1.82, 2.24) is 20.0 Å². The zero-order valence-corrected chi connectivity index (χ0v) is 11.6. The summed E-state index contributed by atoms with van der Waals surface area (Å²) in [6.07, 6.45) is 3.04. The molecule has 1 amide bonds. The molecule has 0 radical (unpaired) electrons. The lowest BCUT2D eigenvalue weighted by molar-refractivity contribution is -0.111. The zero-order valence-electron chi connectivity index (χ0n) is 10.9. The van der Waals surface area contributed by atoms with Gasteiger partial charge in [0.1, 0.15) is 5.15 Å². The fraction of sp³-hybridized carbons (Fsp3) is 0.250. The Bertz CT molecular complexity index is 641. The minimum Gasteiger partial charge on any atom is -0.306 e. The van der Waals surface area contributed by atoms with Crippen molar-refractivity contribution in [2.24, 2.45) is 7.05 Å². The number of H-pyrrole nitrogens is 1. The number of aromatic amines is 1. The summed E-state index contributed by atoms with van der Waals surface area (Å²) in [4.78, 5) is 11.7. The monoisotopic (exact) mass is 279 g/mol. The highest BCUT2D eigenvalue weighted by Gasteiger charge is 2.08. The van der Waals surface area contributed by atoms with Gasteiger partial charge in [-0.05, 0) is 19.9 Å². The summed E-state index contributed by atoms with van der Waals surface area (Å²) >= 11 is 6.06. The molecule has 2 aromatic heterocycles. The molecular weight excluding hydrogens is 266 g/mol. The third kappa shape index (κ3) is 3.03. The summed E-state index contributed by atoms with van der Waals surface area (Å²) in [6, 6.07) is 1.74. The van der Waals surface area contributed by atoms with Gasteiger partial charge >= 0.3 is 0 Å². The Hall–Kier alpha value is -2.08. The number of nitrogens with zero attached hydrogens (tertiary/aromatic N) is 3. The molecule has 19 heavy (non-hydrogen) atoms. The maximum Gasteiger partial charge on any atom is 0.249 e. The fourth-order valence-electron chi connectivity index (χ4n) is 1.64. The van der Waals surface area contributed by atoms with Crippen molar-refractivity contribution in [3.63, 3.8) is 0 Å². The SMILES string of the molecule is Cc1cc(NC(=O)C=Cc2c(C)nn(C)c2Cl)n[nH]1. The maximum atomic E-state index is 11.7. The van der Waals surface area contributed by atoms with Gasteiger partial charge in [0.05, 0.1) is 5.69 Å². The number of nitrogens with one attached hydrogen (secondary N) is 2. The third-order valence-corrected chi connectivity index (χ3v) is 3.00. The first kappa shape index (κ1) is 13.4. The van der Waals surface area contributed by atoms with Gasteiger partial charge < -0.3 is 5.32 Å². The van der Waals surface area contributed by atoms with Crippen molar-refractivity contribution in [3.8, 4) is 0 Å². The van der Waals surface area contributed by atoms with Gasteiger partial charge in [-0.25, -0.2) is 0 Å². The molecule has 2 aromatic rings. The predicted octanol–water partition coefficient (Wildman–Crippen LogP) is 2.07. The van der Waals surface area contributed by atoms with E-state index < -0.39 is 0 Å². The Balaban J connectivity index is 2.08. The highest BCUT2D eigenvalue weighted by Crippen LogP contribution is 2.19. The molecule has 6 nitrogen and oxygen atoms in total. The predicted molar refractivity (Wildman–Crippen MR) is 73.9 cm³/mol. The molecule has 2 heterocycles. The molecule has 2 rings (SSSR count). The first-order valence-corrected chi connectivity index (χ1v) is 6.05. The second kappa shape index (κ2) is 5.27. The van der Waals surface area contributed by atoms with E-state index in [1.807, 2.05) is 13.8 Å². The van der Waals surface area contributed by atoms with Gasteiger partial charge in [-0.2, -0.15) is 10.2 Å². The van der Waals surface area contributed by atoms with Gasteiger partial charge in [-0.15, -0.1) is 0 Å². The summed E-state index contributed by atoms with van der Waals surface area (Å²) in [5.41, 5.74) is 2.38. The molecule has 0 aromatic carbocycles. The van der Waals surface area contributed by atoms with E-state index in [9.17, 15) is 4.79 Å². The van der Waals surface area contributed by atoms with Crippen LogP contribution in [0.15, 0.2) is 12.1 Å². The van der Waals surface area contributed by atoms with Crippen LogP contribution in [0.5, 0.6) is 0 Å². The van der Waals surface area contributed by atoms with Crippen molar-refractivity contribution in [2.45, 2.75) is 13.8 Å². The van der Waals surface area contributed by atoms with Gasteiger partial charge in [0.15, 0.2) is 5.82 Å². The lowest BCUT2D eigenvalue weighted by Gasteiger charge is -1.96. The molecule has 0 unspecified atom stereocenters. The Morgan fingerprint density at radius 3 is 2.79 bits per heavy atom. The van der Waals surface area contributed by atoms with E-state index in [4.69, 9.17) is 11.6 Å². The molecule has 0 fully saturated rings. The number of rotatable bonds is 3.